The molecule has 2 N–H and O–H groups in total. The zero-order valence-electron chi connectivity index (χ0n) is 13.0. The third kappa shape index (κ3) is 5.71. The molecule has 120 valence electrons. The predicted molar refractivity (Wildman–Crippen MR) is 77.5 cm³/mol. The Balaban J connectivity index is 2.58. The zero-order chi connectivity index (χ0) is 15.8. The Morgan fingerprint density at radius 1 is 1.52 bits per heavy atom. The molecule has 1 aliphatic heterocycles. The normalized spacial score (nSPS) is 20.5. The molecule has 0 aromatic rings. The van der Waals surface area contributed by atoms with E-state index in [2.05, 4.69) is 22.3 Å². The highest BCUT2D eigenvalue weighted by atomic mass is 16.5. The lowest BCUT2D eigenvalue weighted by molar-refractivity contribution is -0.146. The number of carbonyl (C=O) groups excluding carboxylic acids is 3. The molecule has 0 unspecified atom stereocenters. The Kier molecular flexibility index (Phi) is 7.14. The van der Waals surface area contributed by atoms with Crippen molar-refractivity contribution in [3.63, 3.8) is 0 Å². The van der Waals surface area contributed by atoms with Crippen LogP contribution in [0.2, 0.25) is 0 Å². The van der Waals surface area contributed by atoms with Gasteiger partial charge in [-0.1, -0.05) is 13.3 Å². The van der Waals surface area contributed by atoms with Crippen LogP contribution in [0, 0.1) is 0 Å². The fourth-order valence-electron chi connectivity index (χ4n) is 2.42. The monoisotopic (exact) mass is 299 g/mol. The molecule has 0 aromatic carbocycles. The number of ether oxygens (including phenoxy) is 1. The van der Waals surface area contributed by atoms with Crippen molar-refractivity contribution in [2.75, 3.05) is 26.7 Å². The van der Waals surface area contributed by atoms with E-state index >= 15 is 0 Å². The Hall–Kier alpha value is -1.63. The van der Waals surface area contributed by atoms with Gasteiger partial charge in [0.2, 0.25) is 11.8 Å². The van der Waals surface area contributed by atoms with E-state index in [4.69, 9.17) is 0 Å². The van der Waals surface area contributed by atoms with Crippen molar-refractivity contribution < 1.29 is 19.1 Å². The van der Waals surface area contributed by atoms with E-state index in [0.29, 0.717) is 13.1 Å². The van der Waals surface area contributed by atoms with Crippen LogP contribution in [0.1, 0.15) is 33.1 Å². The molecule has 1 fully saturated rings. The average Bonchev–Trinajstić information content (AvgIpc) is 2.42. The van der Waals surface area contributed by atoms with Crippen LogP contribution in [0.4, 0.5) is 0 Å². The van der Waals surface area contributed by atoms with Crippen LogP contribution in [0.5, 0.6) is 0 Å². The number of nitrogens with one attached hydrogen (secondary N) is 2. The van der Waals surface area contributed by atoms with Crippen LogP contribution in [-0.2, 0) is 19.1 Å². The van der Waals surface area contributed by atoms with Crippen molar-refractivity contribution >= 4 is 17.8 Å². The molecule has 21 heavy (non-hydrogen) atoms. The molecule has 2 atom stereocenters. The SMILES string of the molecule is CCC[C@H](C)NC(=O)CN1CCNC(=O)[C@@H]1CC(=O)OC. The maximum atomic E-state index is 12.0. The van der Waals surface area contributed by atoms with Crippen LogP contribution >= 0.6 is 0 Å². The van der Waals surface area contributed by atoms with Gasteiger partial charge < -0.3 is 15.4 Å². The minimum atomic E-state index is -0.640. The Bertz CT molecular complexity index is 386. The second kappa shape index (κ2) is 8.61. The summed E-state index contributed by atoms with van der Waals surface area (Å²) in [6, 6.07) is -0.529. The van der Waals surface area contributed by atoms with E-state index in [0.717, 1.165) is 12.8 Å². The molecule has 0 aliphatic carbocycles. The molecule has 0 spiro atoms. The fraction of sp³-hybridized carbons (Fsp3) is 0.786. The molecule has 1 aliphatic rings. The van der Waals surface area contributed by atoms with Crippen LogP contribution in [-0.4, -0.2) is 61.5 Å². The van der Waals surface area contributed by atoms with Gasteiger partial charge in [-0.15, -0.1) is 0 Å². The molecule has 0 radical (unpaired) electrons. The van der Waals surface area contributed by atoms with Crippen molar-refractivity contribution in [1.29, 1.82) is 0 Å². The van der Waals surface area contributed by atoms with E-state index in [9.17, 15) is 14.4 Å². The molecule has 1 heterocycles. The van der Waals surface area contributed by atoms with Gasteiger partial charge in [0, 0.05) is 19.1 Å². The van der Waals surface area contributed by atoms with Crippen molar-refractivity contribution in [2.45, 2.75) is 45.2 Å². The number of hydrogen-bond acceptors (Lipinski definition) is 5. The topological polar surface area (TPSA) is 87.7 Å². The lowest BCUT2D eigenvalue weighted by atomic mass is 10.1. The average molecular weight is 299 g/mol. The van der Waals surface area contributed by atoms with Gasteiger partial charge in [-0.2, -0.15) is 0 Å². The van der Waals surface area contributed by atoms with E-state index in [1.165, 1.54) is 7.11 Å². The third-order valence-electron chi connectivity index (χ3n) is 3.51. The highest BCUT2D eigenvalue weighted by molar-refractivity contribution is 5.88. The summed E-state index contributed by atoms with van der Waals surface area (Å²) in [5, 5.41) is 5.61. The van der Waals surface area contributed by atoms with Gasteiger partial charge in [-0.25, -0.2) is 0 Å². The van der Waals surface area contributed by atoms with Gasteiger partial charge in [0.15, 0.2) is 0 Å². The lowest BCUT2D eigenvalue weighted by Crippen LogP contribution is -2.58. The number of nitrogens with zero attached hydrogens (tertiary/aromatic N) is 1. The van der Waals surface area contributed by atoms with Gasteiger partial charge in [-0.3, -0.25) is 19.3 Å². The number of amides is 2. The van der Waals surface area contributed by atoms with Gasteiger partial charge in [0.1, 0.15) is 6.04 Å². The first-order chi connectivity index (χ1) is 9.97. The van der Waals surface area contributed by atoms with Gasteiger partial charge in [0.25, 0.3) is 0 Å². The first kappa shape index (κ1) is 17.4. The predicted octanol–water partition coefficient (Wildman–Crippen LogP) is -0.345. The number of hydrogen-bond donors (Lipinski definition) is 2. The van der Waals surface area contributed by atoms with Crippen LogP contribution in [0.25, 0.3) is 0 Å². The number of rotatable bonds is 7. The maximum absolute atomic E-state index is 12.0. The van der Waals surface area contributed by atoms with Crippen molar-refractivity contribution in [1.82, 2.24) is 15.5 Å². The van der Waals surface area contributed by atoms with Gasteiger partial charge in [0.05, 0.1) is 20.1 Å². The largest absolute Gasteiger partial charge is 0.469 e. The molecule has 1 rings (SSSR count). The van der Waals surface area contributed by atoms with E-state index in [1.807, 2.05) is 6.92 Å². The van der Waals surface area contributed by atoms with Crippen molar-refractivity contribution in [3.05, 3.63) is 0 Å². The summed E-state index contributed by atoms with van der Waals surface area (Å²) in [6.07, 6.45) is 1.87. The summed E-state index contributed by atoms with van der Waals surface area (Å²) >= 11 is 0. The van der Waals surface area contributed by atoms with Gasteiger partial charge in [-0.05, 0) is 13.3 Å². The van der Waals surface area contributed by atoms with Crippen LogP contribution in [0.3, 0.4) is 0 Å². The van der Waals surface area contributed by atoms with Gasteiger partial charge >= 0.3 is 5.97 Å². The third-order valence-corrected chi connectivity index (χ3v) is 3.51. The standard InChI is InChI=1S/C14H25N3O4/c1-4-5-10(2)16-12(18)9-17-7-6-15-14(20)11(17)8-13(19)21-3/h10-11H,4-9H2,1-3H3,(H,15,20)(H,16,18)/t10-,11-/m0/s1. The number of esters is 1. The summed E-state index contributed by atoms with van der Waals surface area (Å²) in [5.41, 5.74) is 0. The highest BCUT2D eigenvalue weighted by Crippen LogP contribution is 2.09. The highest BCUT2D eigenvalue weighted by Gasteiger charge is 2.33. The Morgan fingerprint density at radius 2 is 2.24 bits per heavy atom. The Labute approximate surface area is 125 Å². The quantitative estimate of drug-likeness (QED) is 0.628. The zero-order valence-corrected chi connectivity index (χ0v) is 13.0. The molecular weight excluding hydrogens is 274 g/mol. The number of methoxy groups -OCH3 is 1. The first-order valence-corrected chi connectivity index (χ1v) is 7.35. The molecule has 0 bridgehead atoms. The molecule has 7 nitrogen and oxygen atoms in total. The van der Waals surface area contributed by atoms with Crippen LogP contribution in [0.15, 0.2) is 0 Å². The Morgan fingerprint density at radius 3 is 2.86 bits per heavy atom. The lowest BCUT2D eigenvalue weighted by Gasteiger charge is -2.34. The summed E-state index contributed by atoms with van der Waals surface area (Å²) in [5.74, 6) is -0.816. The van der Waals surface area contributed by atoms with Crippen LogP contribution < -0.4 is 10.6 Å². The number of carbonyl (C=O) groups is 3. The molecule has 2 amide bonds. The smallest absolute Gasteiger partial charge is 0.307 e. The maximum Gasteiger partial charge on any atom is 0.307 e. The second-order valence-electron chi connectivity index (χ2n) is 5.31. The van der Waals surface area contributed by atoms with E-state index < -0.39 is 12.0 Å². The summed E-state index contributed by atoms with van der Waals surface area (Å²) < 4.78 is 4.60. The summed E-state index contributed by atoms with van der Waals surface area (Å²) in [6.45, 7) is 5.15. The minimum Gasteiger partial charge on any atom is -0.469 e. The van der Waals surface area contributed by atoms with Crippen molar-refractivity contribution in [2.24, 2.45) is 0 Å². The second-order valence-corrected chi connectivity index (χ2v) is 5.31. The summed E-state index contributed by atoms with van der Waals surface area (Å²) in [4.78, 5) is 37.0. The molecule has 0 saturated carbocycles. The van der Waals surface area contributed by atoms with Crippen molar-refractivity contribution in [3.8, 4) is 0 Å². The molecule has 0 aromatic heterocycles. The first-order valence-electron chi connectivity index (χ1n) is 7.35. The molecular formula is C14H25N3O4. The fourth-order valence-corrected chi connectivity index (χ4v) is 2.42. The molecule has 7 heteroatoms. The van der Waals surface area contributed by atoms with E-state index in [-0.39, 0.29) is 30.8 Å². The summed E-state index contributed by atoms with van der Waals surface area (Å²) in [7, 11) is 1.28. The number of piperazine rings is 1. The minimum absolute atomic E-state index is 0.0415. The van der Waals surface area contributed by atoms with E-state index in [1.54, 1.807) is 4.90 Å². The molecule has 1 saturated heterocycles.